The van der Waals surface area contributed by atoms with Crippen molar-refractivity contribution in [2.75, 3.05) is 19.6 Å². The average molecular weight is 282 g/mol. The van der Waals surface area contributed by atoms with Gasteiger partial charge >= 0.3 is 12.0 Å². The summed E-state index contributed by atoms with van der Waals surface area (Å²) in [7, 11) is 0. The molecular formula is C15H26N2O3. The molecule has 3 unspecified atom stereocenters. The van der Waals surface area contributed by atoms with Gasteiger partial charge in [0, 0.05) is 19.6 Å². The van der Waals surface area contributed by atoms with Crippen LogP contribution in [0.4, 0.5) is 4.79 Å². The maximum atomic E-state index is 12.0. The maximum Gasteiger partial charge on any atom is 0.317 e. The summed E-state index contributed by atoms with van der Waals surface area (Å²) in [6.45, 7) is 3.93. The predicted molar refractivity (Wildman–Crippen MR) is 76.5 cm³/mol. The van der Waals surface area contributed by atoms with E-state index in [9.17, 15) is 9.59 Å². The first-order chi connectivity index (χ1) is 9.58. The molecule has 3 atom stereocenters. The Morgan fingerprint density at radius 1 is 1.25 bits per heavy atom. The minimum Gasteiger partial charge on any atom is -0.481 e. The lowest BCUT2D eigenvalue weighted by molar-refractivity contribution is -0.141. The lowest BCUT2D eigenvalue weighted by Crippen LogP contribution is -2.40. The Morgan fingerprint density at radius 3 is 2.65 bits per heavy atom. The zero-order chi connectivity index (χ0) is 14.5. The highest BCUT2D eigenvalue weighted by atomic mass is 16.4. The van der Waals surface area contributed by atoms with Gasteiger partial charge in [-0.1, -0.05) is 32.6 Å². The smallest absolute Gasteiger partial charge is 0.317 e. The van der Waals surface area contributed by atoms with Gasteiger partial charge in [-0.3, -0.25) is 4.79 Å². The van der Waals surface area contributed by atoms with E-state index in [2.05, 4.69) is 12.2 Å². The zero-order valence-electron chi connectivity index (χ0n) is 12.3. The van der Waals surface area contributed by atoms with Gasteiger partial charge in [-0.15, -0.1) is 0 Å². The number of carboxylic acid groups (broad SMARTS) is 1. The molecule has 114 valence electrons. The van der Waals surface area contributed by atoms with Gasteiger partial charge in [-0.2, -0.15) is 0 Å². The third-order valence-electron chi connectivity index (χ3n) is 4.91. The van der Waals surface area contributed by atoms with Crippen LogP contribution in [-0.4, -0.2) is 41.6 Å². The third kappa shape index (κ3) is 3.87. The zero-order valence-corrected chi connectivity index (χ0v) is 12.3. The van der Waals surface area contributed by atoms with Crippen molar-refractivity contribution in [2.45, 2.75) is 45.4 Å². The molecule has 2 amide bonds. The maximum absolute atomic E-state index is 12.0. The summed E-state index contributed by atoms with van der Waals surface area (Å²) in [4.78, 5) is 24.5. The second-order valence-electron chi connectivity index (χ2n) is 6.31. The Morgan fingerprint density at radius 2 is 2.00 bits per heavy atom. The van der Waals surface area contributed by atoms with Crippen molar-refractivity contribution in [3.8, 4) is 0 Å². The van der Waals surface area contributed by atoms with Crippen LogP contribution in [-0.2, 0) is 4.79 Å². The molecule has 1 aliphatic heterocycles. The van der Waals surface area contributed by atoms with Crippen LogP contribution < -0.4 is 5.32 Å². The molecule has 5 heteroatoms. The molecule has 0 aromatic rings. The summed E-state index contributed by atoms with van der Waals surface area (Å²) in [6.07, 6.45) is 6.86. The Labute approximate surface area is 120 Å². The molecule has 20 heavy (non-hydrogen) atoms. The van der Waals surface area contributed by atoms with Crippen LogP contribution in [0.15, 0.2) is 0 Å². The number of nitrogens with zero attached hydrogens (tertiary/aromatic N) is 1. The molecule has 2 N–H and O–H groups in total. The Balaban J connectivity index is 1.66. The predicted octanol–water partition coefficient (Wildman–Crippen LogP) is 2.32. The first-order valence-corrected chi connectivity index (χ1v) is 7.83. The number of aliphatic carboxylic acids is 1. The van der Waals surface area contributed by atoms with Gasteiger partial charge in [-0.25, -0.2) is 4.79 Å². The number of carbonyl (C=O) groups excluding carboxylic acids is 1. The molecule has 0 aromatic carbocycles. The van der Waals surface area contributed by atoms with Gasteiger partial charge in [0.15, 0.2) is 0 Å². The second-order valence-corrected chi connectivity index (χ2v) is 6.31. The normalized spacial score (nSPS) is 30.2. The van der Waals surface area contributed by atoms with E-state index >= 15 is 0 Å². The molecule has 1 heterocycles. The monoisotopic (exact) mass is 282 g/mol. The molecule has 2 aliphatic rings. The summed E-state index contributed by atoms with van der Waals surface area (Å²) in [6, 6.07) is -0.0998. The molecule has 2 rings (SSSR count). The fourth-order valence-electron chi connectivity index (χ4n) is 3.44. The molecule has 5 nitrogen and oxygen atoms in total. The summed E-state index contributed by atoms with van der Waals surface area (Å²) in [5.74, 6) is 0.314. The second kappa shape index (κ2) is 6.95. The fourth-order valence-corrected chi connectivity index (χ4v) is 3.44. The Bertz CT molecular complexity index is 359. The fraction of sp³-hybridized carbons (Fsp3) is 0.867. The summed E-state index contributed by atoms with van der Waals surface area (Å²) >= 11 is 0. The van der Waals surface area contributed by atoms with Crippen molar-refractivity contribution in [2.24, 2.45) is 17.8 Å². The van der Waals surface area contributed by atoms with Gasteiger partial charge in [0.05, 0.1) is 5.92 Å². The number of hydrogen-bond acceptors (Lipinski definition) is 2. The summed E-state index contributed by atoms with van der Waals surface area (Å²) in [5, 5.41) is 11.9. The first-order valence-electron chi connectivity index (χ1n) is 7.83. The number of urea groups is 1. The lowest BCUT2D eigenvalue weighted by Gasteiger charge is -2.29. The van der Waals surface area contributed by atoms with Gasteiger partial charge in [-0.05, 0) is 24.7 Å². The highest BCUT2D eigenvalue weighted by Gasteiger charge is 2.30. The van der Waals surface area contributed by atoms with E-state index in [0.717, 1.165) is 18.3 Å². The van der Waals surface area contributed by atoms with Crippen LogP contribution in [0.5, 0.6) is 0 Å². The number of carboxylic acids is 1. The molecule has 1 aliphatic carbocycles. The minimum absolute atomic E-state index is 0.0998. The molecular weight excluding hydrogens is 256 g/mol. The lowest BCUT2D eigenvalue weighted by atomic mass is 9.79. The minimum atomic E-state index is -0.795. The quantitative estimate of drug-likeness (QED) is 0.831. The number of hydrogen-bond donors (Lipinski definition) is 2. The van der Waals surface area contributed by atoms with Gasteiger partial charge in [0.25, 0.3) is 0 Å². The van der Waals surface area contributed by atoms with Crippen molar-refractivity contribution in [3.63, 3.8) is 0 Å². The number of likely N-dealkylation sites (tertiary alicyclic amines) is 1. The van der Waals surface area contributed by atoms with Crippen LogP contribution in [0.25, 0.3) is 0 Å². The van der Waals surface area contributed by atoms with Crippen molar-refractivity contribution in [3.05, 3.63) is 0 Å². The topological polar surface area (TPSA) is 69.6 Å². The third-order valence-corrected chi connectivity index (χ3v) is 4.91. The van der Waals surface area contributed by atoms with Crippen molar-refractivity contribution >= 4 is 12.0 Å². The van der Waals surface area contributed by atoms with E-state index < -0.39 is 5.97 Å². The largest absolute Gasteiger partial charge is 0.481 e. The van der Waals surface area contributed by atoms with E-state index in [4.69, 9.17) is 5.11 Å². The number of amides is 2. The highest BCUT2D eigenvalue weighted by molar-refractivity contribution is 5.77. The van der Waals surface area contributed by atoms with Gasteiger partial charge < -0.3 is 15.3 Å². The van der Waals surface area contributed by atoms with Gasteiger partial charge in [0.1, 0.15) is 0 Å². The van der Waals surface area contributed by atoms with Crippen LogP contribution in [0.1, 0.15) is 45.4 Å². The Kier molecular flexibility index (Phi) is 5.26. The molecule has 0 bridgehead atoms. The van der Waals surface area contributed by atoms with Crippen LogP contribution >= 0.6 is 0 Å². The SMILES string of the molecule is CC1CCCCC1CCNC(=O)N1CCC(C(=O)O)C1. The number of rotatable bonds is 4. The van der Waals surface area contributed by atoms with Crippen molar-refractivity contribution in [1.82, 2.24) is 10.2 Å². The van der Waals surface area contributed by atoms with Crippen molar-refractivity contribution in [1.29, 1.82) is 0 Å². The molecule has 1 saturated heterocycles. The molecule has 0 spiro atoms. The van der Waals surface area contributed by atoms with E-state index in [1.54, 1.807) is 4.90 Å². The highest BCUT2D eigenvalue weighted by Crippen LogP contribution is 2.31. The van der Waals surface area contributed by atoms with E-state index in [1.807, 2.05) is 0 Å². The standard InChI is InChI=1S/C15H26N2O3/c1-11-4-2-3-5-12(11)6-8-16-15(20)17-9-7-13(10-17)14(18)19/h11-13H,2-10H2,1H3,(H,16,20)(H,18,19). The molecule has 2 fully saturated rings. The van der Waals surface area contributed by atoms with E-state index in [0.29, 0.717) is 26.1 Å². The average Bonchev–Trinajstić information content (AvgIpc) is 2.91. The number of nitrogens with one attached hydrogen (secondary N) is 1. The van der Waals surface area contributed by atoms with E-state index in [-0.39, 0.29) is 11.9 Å². The molecule has 1 saturated carbocycles. The van der Waals surface area contributed by atoms with Crippen LogP contribution in [0.2, 0.25) is 0 Å². The van der Waals surface area contributed by atoms with Crippen LogP contribution in [0, 0.1) is 17.8 Å². The number of carbonyl (C=O) groups is 2. The van der Waals surface area contributed by atoms with Crippen molar-refractivity contribution < 1.29 is 14.7 Å². The van der Waals surface area contributed by atoms with Gasteiger partial charge in [0.2, 0.25) is 0 Å². The van der Waals surface area contributed by atoms with E-state index in [1.165, 1.54) is 25.7 Å². The summed E-state index contributed by atoms with van der Waals surface area (Å²) < 4.78 is 0. The Hall–Kier alpha value is -1.26. The summed E-state index contributed by atoms with van der Waals surface area (Å²) in [5.41, 5.74) is 0. The first kappa shape index (κ1) is 15.1. The molecule has 0 aromatic heterocycles. The molecule has 0 radical (unpaired) electrons. The van der Waals surface area contributed by atoms with Crippen LogP contribution in [0.3, 0.4) is 0 Å².